The molecule has 134 valence electrons. The lowest BCUT2D eigenvalue weighted by molar-refractivity contribution is 0.0590. The highest BCUT2D eigenvalue weighted by atomic mass is 19.1. The van der Waals surface area contributed by atoms with Gasteiger partial charge >= 0.3 is 0 Å². The number of hydrogen-bond donors (Lipinski definition) is 0. The van der Waals surface area contributed by atoms with Gasteiger partial charge in [0.25, 0.3) is 5.91 Å². The van der Waals surface area contributed by atoms with E-state index in [9.17, 15) is 9.18 Å². The Morgan fingerprint density at radius 1 is 1.19 bits per heavy atom. The summed E-state index contributed by atoms with van der Waals surface area (Å²) in [6.07, 6.45) is 1.33. The lowest BCUT2D eigenvalue weighted by Crippen LogP contribution is -2.41. The van der Waals surface area contributed by atoms with Crippen molar-refractivity contribution in [3.63, 3.8) is 0 Å². The van der Waals surface area contributed by atoms with E-state index in [1.807, 2.05) is 30.3 Å². The summed E-state index contributed by atoms with van der Waals surface area (Å²) in [6.45, 7) is 1.02. The molecule has 0 N–H and O–H groups in total. The number of hydrogen-bond acceptors (Lipinski definition) is 4. The van der Waals surface area contributed by atoms with E-state index < -0.39 is 5.82 Å². The average Bonchev–Trinajstić information content (AvgIpc) is 2.68. The van der Waals surface area contributed by atoms with Crippen LogP contribution in [0.5, 0.6) is 11.5 Å². The van der Waals surface area contributed by atoms with Crippen LogP contribution >= 0.6 is 0 Å². The number of para-hydroxylation sites is 2. The molecule has 6 heteroatoms. The number of nitriles is 1. The highest BCUT2D eigenvalue weighted by Gasteiger charge is 2.25. The maximum absolute atomic E-state index is 13.6. The molecule has 1 aliphatic rings. The van der Waals surface area contributed by atoms with E-state index in [0.717, 1.165) is 6.07 Å². The van der Waals surface area contributed by atoms with Crippen LogP contribution in [0.1, 0.15) is 28.8 Å². The second-order valence-electron chi connectivity index (χ2n) is 6.10. The minimum absolute atomic E-state index is 0.0162. The Bertz CT molecular complexity index is 839. The second-order valence-corrected chi connectivity index (χ2v) is 6.10. The summed E-state index contributed by atoms with van der Waals surface area (Å²) in [5.74, 6) is 0.511. The molecule has 26 heavy (non-hydrogen) atoms. The third-order valence-electron chi connectivity index (χ3n) is 4.37. The molecule has 0 atom stereocenters. The van der Waals surface area contributed by atoms with Crippen LogP contribution in [0.15, 0.2) is 42.5 Å². The Morgan fingerprint density at radius 2 is 1.88 bits per heavy atom. The minimum Gasteiger partial charge on any atom is -0.493 e. The molecule has 0 unspecified atom stereocenters. The first kappa shape index (κ1) is 17.7. The molecular weight excluding hydrogens is 335 g/mol. The molecule has 0 aromatic heterocycles. The number of ether oxygens (including phenoxy) is 2. The van der Waals surface area contributed by atoms with Crippen LogP contribution in [0.25, 0.3) is 0 Å². The van der Waals surface area contributed by atoms with Crippen molar-refractivity contribution in [3.05, 3.63) is 59.4 Å². The minimum atomic E-state index is -0.582. The first-order valence-corrected chi connectivity index (χ1v) is 8.40. The van der Waals surface area contributed by atoms with Gasteiger partial charge in [-0.05, 0) is 30.3 Å². The van der Waals surface area contributed by atoms with Crippen molar-refractivity contribution in [3.8, 4) is 17.6 Å². The summed E-state index contributed by atoms with van der Waals surface area (Å²) in [5.41, 5.74) is 0.341. The van der Waals surface area contributed by atoms with Crippen LogP contribution in [-0.2, 0) is 0 Å². The maximum atomic E-state index is 13.6. The normalized spacial score (nSPS) is 14.6. The van der Waals surface area contributed by atoms with Crippen molar-refractivity contribution in [1.82, 2.24) is 4.90 Å². The van der Waals surface area contributed by atoms with Crippen molar-refractivity contribution in [2.75, 3.05) is 20.2 Å². The summed E-state index contributed by atoms with van der Waals surface area (Å²) in [7, 11) is 1.60. The number of benzene rings is 2. The van der Waals surface area contributed by atoms with Crippen molar-refractivity contribution in [2.45, 2.75) is 18.9 Å². The summed E-state index contributed by atoms with van der Waals surface area (Å²) < 4.78 is 24.9. The molecule has 2 aromatic carbocycles. The fourth-order valence-electron chi connectivity index (χ4n) is 3.03. The van der Waals surface area contributed by atoms with Gasteiger partial charge in [-0.3, -0.25) is 4.79 Å². The van der Waals surface area contributed by atoms with Gasteiger partial charge in [0.1, 0.15) is 11.9 Å². The van der Waals surface area contributed by atoms with Gasteiger partial charge in [0.15, 0.2) is 11.5 Å². The first-order chi connectivity index (χ1) is 12.6. The van der Waals surface area contributed by atoms with Gasteiger partial charge in [0, 0.05) is 31.5 Å². The Balaban J connectivity index is 1.62. The zero-order valence-electron chi connectivity index (χ0n) is 14.4. The van der Waals surface area contributed by atoms with Gasteiger partial charge in [-0.25, -0.2) is 4.39 Å². The monoisotopic (exact) mass is 354 g/mol. The third kappa shape index (κ3) is 3.94. The molecule has 1 saturated heterocycles. The number of amides is 1. The summed E-state index contributed by atoms with van der Waals surface area (Å²) in [6, 6.07) is 13.0. The second kappa shape index (κ2) is 7.87. The molecule has 3 rings (SSSR count). The molecule has 1 heterocycles. The number of carbonyl (C=O) groups excluding carboxylic acids is 1. The average molecular weight is 354 g/mol. The zero-order chi connectivity index (χ0) is 18.5. The number of likely N-dealkylation sites (tertiary alicyclic amines) is 1. The Hall–Kier alpha value is -3.07. The summed E-state index contributed by atoms with van der Waals surface area (Å²) >= 11 is 0. The van der Waals surface area contributed by atoms with Crippen LogP contribution in [0.4, 0.5) is 4.39 Å². The van der Waals surface area contributed by atoms with Gasteiger partial charge in [-0.2, -0.15) is 5.26 Å². The maximum Gasteiger partial charge on any atom is 0.254 e. The molecule has 5 nitrogen and oxygen atoms in total. The molecule has 0 radical (unpaired) electrons. The van der Waals surface area contributed by atoms with Crippen LogP contribution in [0, 0.1) is 17.1 Å². The smallest absolute Gasteiger partial charge is 0.254 e. The number of nitrogens with zero attached hydrogens (tertiary/aromatic N) is 2. The Kier molecular flexibility index (Phi) is 5.37. The lowest BCUT2D eigenvalue weighted by Gasteiger charge is -2.32. The van der Waals surface area contributed by atoms with Crippen LogP contribution < -0.4 is 9.47 Å². The Morgan fingerprint density at radius 3 is 2.54 bits per heavy atom. The third-order valence-corrected chi connectivity index (χ3v) is 4.37. The van der Waals surface area contributed by atoms with Gasteiger partial charge < -0.3 is 14.4 Å². The van der Waals surface area contributed by atoms with E-state index >= 15 is 0 Å². The molecule has 1 fully saturated rings. The highest BCUT2D eigenvalue weighted by molar-refractivity contribution is 5.94. The van der Waals surface area contributed by atoms with Gasteiger partial charge in [-0.1, -0.05) is 12.1 Å². The lowest BCUT2D eigenvalue weighted by atomic mass is 10.0. The molecular formula is C20H19FN2O3. The molecule has 0 aliphatic carbocycles. The molecule has 0 bridgehead atoms. The fraction of sp³-hybridized carbons (Fsp3) is 0.300. The quantitative estimate of drug-likeness (QED) is 0.844. The molecule has 0 spiro atoms. The number of methoxy groups -OCH3 is 1. The predicted molar refractivity (Wildman–Crippen MR) is 93.7 cm³/mol. The number of piperidine rings is 1. The number of rotatable bonds is 4. The molecule has 1 amide bonds. The summed E-state index contributed by atoms with van der Waals surface area (Å²) in [5, 5.41) is 8.93. The van der Waals surface area contributed by atoms with Crippen LogP contribution in [-0.4, -0.2) is 37.1 Å². The SMILES string of the molecule is COc1ccccc1OC1CCN(C(=O)c2cc(F)cc(C#N)c2)CC1. The number of carbonyl (C=O) groups is 1. The van der Waals surface area contributed by atoms with E-state index in [1.165, 1.54) is 12.1 Å². The predicted octanol–water partition coefficient (Wildman–Crippen LogP) is 3.39. The molecule has 0 saturated carbocycles. The van der Waals surface area contributed by atoms with E-state index in [-0.39, 0.29) is 23.1 Å². The Labute approximate surface area is 151 Å². The largest absolute Gasteiger partial charge is 0.493 e. The topological polar surface area (TPSA) is 62.6 Å². The highest BCUT2D eigenvalue weighted by Crippen LogP contribution is 2.29. The van der Waals surface area contributed by atoms with Gasteiger partial charge in [0.05, 0.1) is 18.7 Å². The van der Waals surface area contributed by atoms with Gasteiger partial charge in [-0.15, -0.1) is 0 Å². The van der Waals surface area contributed by atoms with Crippen molar-refractivity contribution >= 4 is 5.91 Å². The molecule has 2 aromatic rings. The van der Waals surface area contributed by atoms with Crippen molar-refractivity contribution in [1.29, 1.82) is 5.26 Å². The van der Waals surface area contributed by atoms with Crippen molar-refractivity contribution < 1.29 is 18.7 Å². The van der Waals surface area contributed by atoms with Crippen LogP contribution in [0.3, 0.4) is 0 Å². The van der Waals surface area contributed by atoms with E-state index in [0.29, 0.717) is 37.4 Å². The van der Waals surface area contributed by atoms with Crippen molar-refractivity contribution in [2.24, 2.45) is 0 Å². The fourth-order valence-corrected chi connectivity index (χ4v) is 3.03. The van der Waals surface area contributed by atoms with Gasteiger partial charge in [0.2, 0.25) is 0 Å². The molecule has 1 aliphatic heterocycles. The van der Waals surface area contributed by atoms with E-state index in [4.69, 9.17) is 14.7 Å². The summed E-state index contributed by atoms with van der Waals surface area (Å²) in [4.78, 5) is 14.2. The first-order valence-electron chi connectivity index (χ1n) is 8.40. The standard InChI is InChI=1S/C20H19FN2O3/c1-25-18-4-2-3-5-19(18)26-17-6-8-23(9-7-17)20(24)15-10-14(13-22)11-16(21)12-15/h2-5,10-12,17H,6-9H2,1H3. The van der Waals surface area contributed by atoms with E-state index in [2.05, 4.69) is 0 Å². The number of halogens is 1. The zero-order valence-corrected chi connectivity index (χ0v) is 14.4. The van der Waals surface area contributed by atoms with E-state index in [1.54, 1.807) is 12.0 Å². The van der Waals surface area contributed by atoms with Crippen LogP contribution in [0.2, 0.25) is 0 Å².